The van der Waals surface area contributed by atoms with Crippen molar-refractivity contribution in [2.45, 2.75) is 52.2 Å². The van der Waals surface area contributed by atoms with Crippen LogP contribution < -0.4 is 4.74 Å². The van der Waals surface area contributed by atoms with Crippen LogP contribution in [0.15, 0.2) is 48.5 Å². The summed E-state index contributed by atoms with van der Waals surface area (Å²) < 4.78 is 34.1. The number of amides is 1. The molecule has 2 aromatic carbocycles. The molecule has 5 rings (SSSR count). The number of carbonyl (C=O) groups excluding carboxylic acids is 2. The van der Waals surface area contributed by atoms with Crippen molar-refractivity contribution in [2.75, 3.05) is 46.0 Å². The molecule has 9 heteroatoms. The number of ether oxygens (including phenoxy) is 3. The maximum atomic E-state index is 15.2. The zero-order valence-electron chi connectivity index (χ0n) is 25.8. The molecule has 0 radical (unpaired) electrons. The highest BCUT2D eigenvalue weighted by atomic mass is 19.1. The lowest BCUT2D eigenvalue weighted by molar-refractivity contribution is -0.132. The van der Waals surface area contributed by atoms with Crippen molar-refractivity contribution in [3.63, 3.8) is 0 Å². The predicted molar refractivity (Wildman–Crippen MR) is 162 cm³/mol. The quantitative estimate of drug-likeness (QED) is 0.349. The molecule has 1 amide bonds. The van der Waals surface area contributed by atoms with E-state index in [1.807, 2.05) is 63.9 Å². The molecule has 3 heterocycles. The van der Waals surface area contributed by atoms with E-state index in [1.54, 1.807) is 18.2 Å². The highest BCUT2D eigenvalue weighted by Crippen LogP contribution is 2.37. The van der Waals surface area contributed by atoms with Crippen molar-refractivity contribution in [3.05, 3.63) is 88.0 Å². The zero-order chi connectivity index (χ0) is 30.7. The molecule has 0 N–H and O–H groups in total. The number of rotatable bonds is 8. The third-order valence-electron chi connectivity index (χ3n) is 8.17. The van der Waals surface area contributed by atoms with Crippen LogP contribution in [0.25, 0.3) is 0 Å². The van der Waals surface area contributed by atoms with Crippen LogP contribution in [-0.4, -0.2) is 77.8 Å². The van der Waals surface area contributed by atoms with Crippen molar-refractivity contribution < 1.29 is 28.2 Å². The number of halogens is 1. The average Bonchev–Trinajstić information content (AvgIpc) is 3.30. The fourth-order valence-electron chi connectivity index (χ4n) is 5.72. The Bertz CT molecular complexity index is 1470. The second-order valence-electron chi connectivity index (χ2n) is 12.3. The first-order chi connectivity index (χ1) is 20.5. The van der Waals surface area contributed by atoms with E-state index >= 15 is 4.39 Å². The molecular weight excluding hydrogens is 549 g/mol. The molecule has 1 atom stereocenters. The smallest absolute Gasteiger partial charge is 0.338 e. The molecule has 0 spiro atoms. The highest BCUT2D eigenvalue weighted by molar-refractivity contribution is 5.90. The van der Waals surface area contributed by atoms with Crippen molar-refractivity contribution in [1.29, 1.82) is 0 Å². The molecule has 2 aliphatic heterocycles. The second kappa shape index (κ2) is 12.9. The van der Waals surface area contributed by atoms with Gasteiger partial charge in [-0.1, -0.05) is 12.1 Å². The van der Waals surface area contributed by atoms with Crippen LogP contribution in [-0.2, 0) is 34.2 Å². The van der Waals surface area contributed by atoms with Crippen LogP contribution >= 0.6 is 0 Å². The van der Waals surface area contributed by atoms with E-state index in [2.05, 4.69) is 9.47 Å². The summed E-state index contributed by atoms with van der Waals surface area (Å²) in [6.45, 7) is 12.4. The Morgan fingerprint density at radius 1 is 1.02 bits per heavy atom. The number of hydrogen-bond donors (Lipinski definition) is 0. The Morgan fingerprint density at radius 2 is 1.79 bits per heavy atom. The Hall–Kier alpha value is -3.69. The summed E-state index contributed by atoms with van der Waals surface area (Å²) >= 11 is 0. The number of aromatic nitrogens is 1. The number of benzene rings is 2. The summed E-state index contributed by atoms with van der Waals surface area (Å²) in [4.78, 5) is 30.9. The SMILES string of the molecule is Cc1ccc(C2c3cc(C(=O)OC(C)(C)C)ccc3CCN2C(=O)Cc2ccc(OCCN3CCOCC3)cc2F)n1C. The molecule has 2 aliphatic rings. The van der Waals surface area contributed by atoms with E-state index in [4.69, 9.17) is 14.2 Å². The van der Waals surface area contributed by atoms with Crippen molar-refractivity contribution >= 4 is 11.9 Å². The van der Waals surface area contributed by atoms with E-state index in [-0.39, 0.29) is 12.3 Å². The summed E-state index contributed by atoms with van der Waals surface area (Å²) in [5, 5.41) is 0. The maximum absolute atomic E-state index is 15.2. The molecular formula is C34H42FN3O5. The number of esters is 1. The van der Waals surface area contributed by atoms with Gasteiger partial charge in [0.05, 0.1) is 31.2 Å². The summed E-state index contributed by atoms with van der Waals surface area (Å²) in [5.41, 5.74) is 4.07. The van der Waals surface area contributed by atoms with Gasteiger partial charge in [-0.25, -0.2) is 9.18 Å². The monoisotopic (exact) mass is 591 g/mol. The number of aryl methyl sites for hydroxylation is 1. The first kappa shape index (κ1) is 30.8. The van der Waals surface area contributed by atoms with Crippen LogP contribution in [0.5, 0.6) is 5.75 Å². The molecule has 0 bridgehead atoms. The lowest BCUT2D eigenvalue weighted by atomic mass is 9.88. The lowest BCUT2D eigenvalue weighted by Gasteiger charge is -2.38. The number of carbonyl (C=O) groups is 2. The topological polar surface area (TPSA) is 73.2 Å². The van der Waals surface area contributed by atoms with E-state index in [0.29, 0.717) is 36.4 Å². The van der Waals surface area contributed by atoms with E-state index in [0.717, 1.165) is 55.4 Å². The molecule has 1 aromatic heterocycles. The first-order valence-electron chi connectivity index (χ1n) is 15.0. The summed E-state index contributed by atoms with van der Waals surface area (Å²) in [7, 11) is 1.97. The van der Waals surface area contributed by atoms with Gasteiger partial charge < -0.3 is 23.7 Å². The number of nitrogens with zero attached hydrogens (tertiary/aromatic N) is 3. The lowest BCUT2D eigenvalue weighted by Crippen LogP contribution is -2.42. The molecule has 1 saturated heterocycles. The van der Waals surface area contributed by atoms with Crippen LogP contribution in [0.2, 0.25) is 0 Å². The largest absolute Gasteiger partial charge is 0.492 e. The minimum absolute atomic E-state index is 0.0825. The van der Waals surface area contributed by atoms with Gasteiger partial charge in [0.1, 0.15) is 23.8 Å². The molecule has 0 saturated carbocycles. The van der Waals surface area contributed by atoms with Crippen molar-refractivity contribution in [1.82, 2.24) is 14.4 Å². The third-order valence-corrected chi connectivity index (χ3v) is 8.17. The fraction of sp³-hybridized carbons (Fsp3) is 0.471. The molecule has 8 nitrogen and oxygen atoms in total. The van der Waals surface area contributed by atoms with Crippen LogP contribution in [0.3, 0.4) is 0 Å². The average molecular weight is 592 g/mol. The number of morpholine rings is 1. The van der Waals surface area contributed by atoms with E-state index in [1.165, 1.54) is 6.07 Å². The first-order valence-corrected chi connectivity index (χ1v) is 15.0. The van der Waals surface area contributed by atoms with Gasteiger partial charge in [0.25, 0.3) is 0 Å². The van der Waals surface area contributed by atoms with Gasteiger partial charge in [-0.15, -0.1) is 0 Å². The minimum Gasteiger partial charge on any atom is -0.492 e. The standard InChI is InChI=1S/C34H42FN3O5/c1-23-6-11-30(36(23)5)32-28-20-26(33(40)43-34(2,3)4)8-7-24(28)12-13-38(32)31(39)21-25-9-10-27(22-29(25)35)42-19-16-37-14-17-41-18-15-37/h6-11,20,22,32H,12-19,21H2,1-5H3. The van der Waals surface area contributed by atoms with Gasteiger partial charge in [-0.3, -0.25) is 9.69 Å². The van der Waals surface area contributed by atoms with Gasteiger partial charge in [0.2, 0.25) is 5.91 Å². The van der Waals surface area contributed by atoms with Gasteiger partial charge in [0.15, 0.2) is 0 Å². The van der Waals surface area contributed by atoms with Gasteiger partial charge in [-0.2, -0.15) is 0 Å². The molecule has 230 valence electrons. The van der Waals surface area contributed by atoms with E-state index in [9.17, 15) is 9.59 Å². The Balaban J connectivity index is 1.35. The fourth-order valence-corrected chi connectivity index (χ4v) is 5.72. The van der Waals surface area contributed by atoms with E-state index < -0.39 is 23.4 Å². The summed E-state index contributed by atoms with van der Waals surface area (Å²) in [6.07, 6.45) is 0.550. The molecule has 43 heavy (non-hydrogen) atoms. The Labute approximate surface area is 253 Å². The summed E-state index contributed by atoms with van der Waals surface area (Å²) in [5.74, 6) is -0.610. The predicted octanol–water partition coefficient (Wildman–Crippen LogP) is 4.86. The van der Waals surface area contributed by atoms with Crippen LogP contribution in [0.1, 0.15) is 65.2 Å². The molecule has 3 aromatic rings. The zero-order valence-corrected chi connectivity index (χ0v) is 25.8. The Morgan fingerprint density at radius 3 is 2.47 bits per heavy atom. The maximum Gasteiger partial charge on any atom is 0.338 e. The Kier molecular flexibility index (Phi) is 9.22. The van der Waals surface area contributed by atoms with Crippen molar-refractivity contribution in [3.8, 4) is 5.75 Å². The molecule has 1 fully saturated rings. The van der Waals surface area contributed by atoms with Gasteiger partial charge in [-0.05, 0) is 81.1 Å². The third kappa shape index (κ3) is 7.28. The van der Waals surface area contributed by atoms with Crippen LogP contribution in [0.4, 0.5) is 4.39 Å². The number of hydrogen-bond acceptors (Lipinski definition) is 6. The second-order valence-corrected chi connectivity index (χ2v) is 12.3. The van der Waals surface area contributed by atoms with Crippen molar-refractivity contribution in [2.24, 2.45) is 7.05 Å². The van der Waals surface area contributed by atoms with Gasteiger partial charge >= 0.3 is 5.97 Å². The molecule has 0 aliphatic carbocycles. The summed E-state index contributed by atoms with van der Waals surface area (Å²) in [6, 6.07) is 13.9. The normalized spacial score (nSPS) is 17.4. The van der Waals surface area contributed by atoms with Gasteiger partial charge in [0, 0.05) is 50.7 Å². The molecule has 1 unspecified atom stereocenters. The number of fused-ring (bicyclic) bond motifs is 1. The highest BCUT2D eigenvalue weighted by Gasteiger charge is 2.35. The van der Waals surface area contributed by atoms with Crippen LogP contribution in [0, 0.1) is 12.7 Å². The minimum atomic E-state index is -0.628.